The fourth-order valence-electron chi connectivity index (χ4n) is 1.68. The topological polar surface area (TPSA) is 31.2 Å². The molecule has 0 radical (unpaired) electrons. The Bertz CT molecular complexity index is 501. The lowest BCUT2D eigenvalue weighted by Gasteiger charge is -2.11. The molecule has 0 aliphatic heterocycles. The molecule has 0 aliphatic rings. The van der Waals surface area contributed by atoms with Crippen molar-refractivity contribution in [2.45, 2.75) is 40.0 Å². The predicted molar refractivity (Wildman–Crippen MR) is 79.3 cm³/mol. The predicted octanol–water partition coefficient (Wildman–Crippen LogP) is 3.95. The zero-order valence-corrected chi connectivity index (χ0v) is 12.6. The summed E-state index contributed by atoms with van der Waals surface area (Å²) in [6.07, 6.45) is 6.23. The van der Waals surface area contributed by atoms with Crippen LogP contribution in [0.4, 0.5) is 0 Å². The van der Waals surface area contributed by atoms with E-state index in [-0.39, 0.29) is 5.97 Å². The van der Waals surface area contributed by atoms with E-state index in [1.165, 1.54) is 10.3 Å². The number of pyridine rings is 1. The highest BCUT2D eigenvalue weighted by Gasteiger charge is 2.10. The molecule has 1 atom stereocenters. The number of aromatic nitrogens is 1. The van der Waals surface area contributed by atoms with Crippen LogP contribution in [0.2, 0.25) is 0 Å². The third-order valence-corrected chi connectivity index (χ3v) is 3.03. The Morgan fingerprint density at radius 1 is 1.47 bits per heavy atom. The van der Waals surface area contributed by atoms with Crippen LogP contribution in [0.1, 0.15) is 40.0 Å². The molecule has 0 aromatic carbocycles. The lowest BCUT2D eigenvalue weighted by Crippen LogP contribution is -2.21. The van der Waals surface area contributed by atoms with Crippen molar-refractivity contribution in [2.24, 2.45) is 5.92 Å². The largest absolute Gasteiger partial charge is 0.336 e. The van der Waals surface area contributed by atoms with E-state index in [0.29, 0.717) is 17.0 Å². The molecule has 0 spiro atoms. The van der Waals surface area contributed by atoms with E-state index < -0.39 is 0 Å². The highest BCUT2D eigenvalue weighted by Crippen LogP contribution is 2.12. The molecular weight excluding hydrogens is 258 g/mol. The van der Waals surface area contributed by atoms with Crippen LogP contribution in [0.25, 0.3) is 0 Å². The summed E-state index contributed by atoms with van der Waals surface area (Å²) < 4.78 is 1.83. The number of allylic oxidation sites excluding steroid dienone is 2. The van der Waals surface area contributed by atoms with Crippen molar-refractivity contribution in [1.29, 1.82) is 0 Å². The average Bonchev–Trinajstić information content (AvgIpc) is 2.31. The van der Waals surface area contributed by atoms with Gasteiger partial charge < -0.3 is 4.84 Å². The van der Waals surface area contributed by atoms with Gasteiger partial charge in [0.15, 0.2) is 0 Å². The molecule has 0 N–H and O–H groups in total. The van der Waals surface area contributed by atoms with Crippen molar-refractivity contribution in [3.8, 4) is 0 Å². The molecule has 1 heterocycles. The highest BCUT2D eigenvalue weighted by atomic mass is 32.1. The van der Waals surface area contributed by atoms with Crippen LogP contribution in [-0.2, 0) is 4.79 Å². The molecule has 4 heteroatoms. The fraction of sp³-hybridized carbons (Fsp3) is 0.467. The van der Waals surface area contributed by atoms with Crippen molar-refractivity contribution in [3.63, 3.8) is 0 Å². The summed E-state index contributed by atoms with van der Waals surface area (Å²) in [6.45, 7) is 6.22. The van der Waals surface area contributed by atoms with Crippen LogP contribution in [0, 0.1) is 10.6 Å². The quantitative estimate of drug-likeness (QED) is 0.583. The van der Waals surface area contributed by atoms with Gasteiger partial charge in [-0.1, -0.05) is 36.9 Å². The van der Waals surface area contributed by atoms with E-state index in [1.807, 2.05) is 6.07 Å². The van der Waals surface area contributed by atoms with Crippen molar-refractivity contribution in [3.05, 3.63) is 40.7 Å². The van der Waals surface area contributed by atoms with Gasteiger partial charge >= 0.3 is 5.97 Å². The number of carbonyl (C=O) groups excluding carboxylic acids is 1. The Morgan fingerprint density at radius 3 is 2.84 bits per heavy atom. The zero-order valence-electron chi connectivity index (χ0n) is 11.8. The fourth-order valence-corrected chi connectivity index (χ4v) is 1.85. The second kappa shape index (κ2) is 7.89. The van der Waals surface area contributed by atoms with Gasteiger partial charge in [0, 0.05) is 6.20 Å². The number of rotatable bonds is 6. The van der Waals surface area contributed by atoms with Crippen molar-refractivity contribution >= 4 is 18.2 Å². The highest BCUT2D eigenvalue weighted by molar-refractivity contribution is 7.71. The molecule has 0 fully saturated rings. The first-order valence-corrected chi connectivity index (χ1v) is 6.92. The second-order valence-corrected chi connectivity index (χ2v) is 5.41. The number of hydrogen-bond donors (Lipinski definition) is 0. The normalized spacial score (nSPS) is 11.7. The van der Waals surface area contributed by atoms with Crippen LogP contribution in [0.15, 0.2) is 36.0 Å². The molecule has 0 aliphatic carbocycles. The van der Waals surface area contributed by atoms with Crippen LogP contribution < -0.4 is 4.84 Å². The SMILES string of the molecule is CC(C)=CCCC(C)CC(=O)On1ccccc1=S. The molecule has 1 aromatic rings. The molecule has 0 saturated carbocycles. The van der Waals surface area contributed by atoms with Crippen molar-refractivity contribution in [2.75, 3.05) is 0 Å². The molecule has 3 nitrogen and oxygen atoms in total. The molecular formula is C15H21NO2S. The maximum Gasteiger partial charge on any atom is 0.333 e. The first-order valence-electron chi connectivity index (χ1n) is 6.51. The van der Waals surface area contributed by atoms with Crippen LogP contribution in [-0.4, -0.2) is 10.7 Å². The van der Waals surface area contributed by atoms with E-state index in [4.69, 9.17) is 17.1 Å². The van der Waals surface area contributed by atoms with Crippen LogP contribution in [0.3, 0.4) is 0 Å². The van der Waals surface area contributed by atoms with Crippen LogP contribution >= 0.6 is 12.2 Å². The Labute approximate surface area is 119 Å². The minimum Gasteiger partial charge on any atom is -0.336 e. The van der Waals surface area contributed by atoms with E-state index in [0.717, 1.165) is 12.8 Å². The van der Waals surface area contributed by atoms with E-state index in [2.05, 4.69) is 26.8 Å². The smallest absolute Gasteiger partial charge is 0.333 e. The Balaban J connectivity index is 2.41. The van der Waals surface area contributed by atoms with E-state index in [9.17, 15) is 4.79 Å². The Morgan fingerprint density at radius 2 is 2.21 bits per heavy atom. The third kappa shape index (κ3) is 6.34. The first-order chi connectivity index (χ1) is 8.99. The lowest BCUT2D eigenvalue weighted by atomic mass is 10.0. The summed E-state index contributed by atoms with van der Waals surface area (Å²) in [6, 6.07) is 5.32. The molecule has 19 heavy (non-hydrogen) atoms. The number of hydrogen-bond acceptors (Lipinski definition) is 3. The molecule has 104 valence electrons. The minimum atomic E-state index is -0.244. The van der Waals surface area contributed by atoms with Crippen molar-refractivity contribution in [1.82, 2.24) is 4.73 Å². The number of nitrogens with zero attached hydrogens (tertiary/aromatic N) is 1. The molecule has 0 amide bonds. The summed E-state index contributed by atoms with van der Waals surface area (Å²) in [4.78, 5) is 17.0. The summed E-state index contributed by atoms with van der Waals surface area (Å²) in [5.41, 5.74) is 1.31. The van der Waals surface area contributed by atoms with Gasteiger partial charge in [0.25, 0.3) is 0 Å². The molecule has 0 bridgehead atoms. The monoisotopic (exact) mass is 279 g/mol. The Hall–Kier alpha value is -1.42. The average molecular weight is 279 g/mol. The zero-order chi connectivity index (χ0) is 14.3. The molecule has 1 aromatic heterocycles. The van der Waals surface area contributed by atoms with E-state index in [1.54, 1.807) is 18.3 Å². The third-order valence-electron chi connectivity index (χ3n) is 2.72. The first kappa shape index (κ1) is 15.6. The second-order valence-electron chi connectivity index (χ2n) is 5.00. The van der Waals surface area contributed by atoms with Crippen LogP contribution in [0.5, 0.6) is 0 Å². The summed E-state index contributed by atoms with van der Waals surface area (Å²) in [7, 11) is 0. The summed E-state index contributed by atoms with van der Waals surface area (Å²) >= 11 is 5.06. The van der Waals surface area contributed by atoms with Gasteiger partial charge in [-0.05, 0) is 44.7 Å². The van der Waals surface area contributed by atoms with Gasteiger partial charge in [-0.15, -0.1) is 0 Å². The van der Waals surface area contributed by atoms with Gasteiger partial charge in [-0.25, -0.2) is 4.79 Å². The lowest BCUT2D eigenvalue weighted by molar-refractivity contribution is -0.145. The Kier molecular flexibility index (Phi) is 6.50. The standard InChI is InChI=1S/C15H21NO2S/c1-12(2)7-6-8-13(3)11-15(17)18-16-10-5-4-9-14(16)19/h4-5,7,9-10,13H,6,8,11H2,1-3H3. The summed E-state index contributed by atoms with van der Waals surface area (Å²) in [5, 5.41) is 0. The van der Waals surface area contributed by atoms with Gasteiger partial charge in [0.1, 0.15) is 4.64 Å². The maximum atomic E-state index is 11.8. The van der Waals surface area contributed by atoms with Gasteiger partial charge in [-0.2, -0.15) is 4.73 Å². The van der Waals surface area contributed by atoms with Gasteiger partial charge in [-0.3, -0.25) is 0 Å². The van der Waals surface area contributed by atoms with Crippen molar-refractivity contribution < 1.29 is 9.63 Å². The molecule has 0 saturated heterocycles. The molecule has 1 unspecified atom stereocenters. The maximum absolute atomic E-state index is 11.8. The van der Waals surface area contributed by atoms with Gasteiger partial charge in [0.2, 0.25) is 0 Å². The van der Waals surface area contributed by atoms with Gasteiger partial charge in [0.05, 0.1) is 6.42 Å². The summed E-state index contributed by atoms with van der Waals surface area (Å²) in [5.74, 6) is 0.0629. The molecule has 1 rings (SSSR count). The number of carbonyl (C=O) groups is 1. The minimum absolute atomic E-state index is 0.244. The van der Waals surface area contributed by atoms with E-state index >= 15 is 0 Å².